The first-order valence-corrected chi connectivity index (χ1v) is 8.11. The number of likely N-dealkylation sites (tertiary alicyclic amines) is 1. The average molecular weight is 304 g/mol. The van der Waals surface area contributed by atoms with E-state index in [0.717, 1.165) is 63.7 Å². The van der Waals surface area contributed by atoms with Gasteiger partial charge >= 0.3 is 0 Å². The highest BCUT2D eigenvalue weighted by molar-refractivity contribution is 5.73. The van der Waals surface area contributed by atoms with Crippen LogP contribution in [0.3, 0.4) is 0 Å². The molecule has 1 amide bonds. The van der Waals surface area contributed by atoms with Crippen LogP contribution < -0.4 is 4.90 Å². The molecule has 2 aliphatic rings. The van der Waals surface area contributed by atoms with Gasteiger partial charge in [0.15, 0.2) is 0 Å². The molecule has 22 heavy (non-hydrogen) atoms. The van der Waals surface area contributed by atoms with E-state index in [0.29, 0.717) is 5.92 Å². The third-order valence-electron chi connectivity index (χ3n) is 4.51. The first-order valence-electron chi connectivity index (χ1n) is 8.11. The van der Waals surface area contributed by atoms with E-state index in [2.05, 4.69) is 20.9 Å². The SMILES string of the molecule is CC(=O)N1CCCC(Cc2cc(N3CCOCC3)ncn2)C1. The summed E-state index contributed by atoms with van der Waals surface area (Å²) in [7, 11) is 0. The minimum absolute atomic E-state index is 0.182. The van der Waals surface area contributed by atoms with E-state index in [-0.39, 0.29) is 5.91 Å². The van der Waals surface area contributed by atoms with Crippen molar-refractivity contribution in [3.63, 3.8) is 0 Å². The molecule has 0 radical (unpaired) electrons. The van der Waals surface area contributed by atoms with Crippen LogP contribution in [0.4, 0.5) is 5.82 Å². The minimum atomic E-state index is 0.182. The van der Waals surface area contributed by atoms with Crippen LogP contribution in [-0.2, 0) is 16.0 Å². The van der Waals surface area contributed by atoms with Crippen LogP contribution >= 0.6 is 0 Å². The molecule has 2 saturated heterocycles. The Morgan fingerprint density at radius 2 is 2.14 bits per heavy atom. The zero-order chi connectivity index (χ0) is 15.4. The van der Waals surface area contributed by atoms with E-state index in [1.807, 2.05) is 4.90 Å². The molecule has 0 saturated carbocycles. The summed E-state index contributed by atoms with van der Waals surface area (Å²) in [6, 6.07) is 2.10. The van der Waals surface area contributed by atoms with Gasteiger partial charge < -0.3 is 14.5 Å². The summed E-state index contributed by atoms with van der Waals surface area (Å²) in [6.45, 7) is 6.70. The van der Waals surface area contributed by atoms with Gasteiger partial charge in [0, 0.05) is 44.9 Å². The number of nitrogens with zero attached hydrogens (tertiary/aromatic N) is 4. The van der Waals surface area contributed by atoms with Gasteiger partial charge in [0.25, 0.3) is 0 Å². The lowest BCUT2D eigenvalue weighted by Crippen LogP contribution is -2.39. The van der Waals surface area contributed by atoms with Crippen molar-refractivity contribution in [1.82, 2.24) is 14.9 Å². The number of hydrogen-bond acceptors (Lipinski definition) is 5. The smallest absolute Gasteiger partial charge is 0.219 e. The Morgan fingerprint density at radius 1 is 1.32 bits per heavy atom. The van der Waals surface area contributed by atoms with Gasteiger partial charge in [-0.3, -0.25) is 4.79 Å². The molecule has 3 rings (SSSR count). The van der Waals surface area contributed by atoms with E-state index in [9.17, 15) is 4.79 Å². The zero-order valence-corrected chi connectivity index (χ0v) is 13.2. The van der Waals surface area contributed by atoms with Crippen LogP contribution in [0.5, 0.6) is 0 Å². The van der Waals surface area contributed by atoms with Gasteiger partial charge in [-0.15, -0.1) is 0 Å². The number of anilines is 1. The Bertz CT molecular complexity index is 517. The highest BCUT2D eigenvalue weighted by Gasteiger charge is 2.22. The van der Waals surface area contributed by atoms with Gasteiger partial charge in [-0.1, -0.05) is 0 Å². The molecule has 0 bridgehead atoms. The number of rotatable bonds is 3. The van der Waals surface area contributed by atoms with Crippen molar-refractivity contribution >= 4 is 11.7 Å². The molecular weight excluding hydrogens is 280 g/mol. The fourth-order valence-electron chi connectivity index (χ4n) is 3.28. The van der Waals surface area contributed by atoms with Gasteiger partial charge in [0.05, 0.1) is 13.2 Å². The number of carbonyl (C=O) groups excluding carboxylic acids is 1. The van der Waals surface area contributed by atoms with Crippen molar-refractivity contribution < 1.29 is 9.53 Å². The lowest BCUT2D eigenvalue weighted by Gasteiger charge is -2.32. The molecule has 1 unspecified atom stereocenters. The van der Waals surface area contributed by atoms with Crippen LogP contribution in [0.15, 0.2) is 12.4 Å². The molecule has 120 valence electrons. The molecule has 2 aliphatic heterocycles. The summed E-state index contributed by atoms with van der Waals surface area (Å²) in [5.74, 6) is 1.68. The van der Waals surface area contributed by atoms with Gasteiger partial charge in [-0.25, -0.2) is 9.97 Å². The third kappa shape index (κ3) is 3.74. The highest BCUT2D eigenvalue weighted by atomic mass is 16.5. The number of ether oxygens (including phenoxy) is 1. The Morgan fingerprint density at radius 3 is 2.91 bits per heavy atom. The summed E-state index contributed by atoms with van der Waals surface area (Å²) in [5.41, 5.74) is 1.08. The molecule has 0 aromatic carbocycles. The Kier molecular flexibility index (Phi) is 4.87. The van der Waals surface area contributed by atoms with Gasteiger partial charge in [0.2, 0.25) is 5.91 Å². The second-order valence-corrected chi connectivity index (χ2v) is 6.14. The van der Waals surface area contributed by atoms with E-state index in [1.54, 1.807) is 13.3 Å². The van der Waals surface area contributed by atoms with E-state index in [4.69, 9.17) is 4.74 Å². The molecule has 3 heterocycles. The number of aromatic nitrogens is 2. The largest absolute Gasteiger partial charge is 0.378 e. The number of carbonyl (C=O) groups is 1. The van der Waals surface area contributed by atoms with Gasteiger partial charge in [-0.05, 0) is 25.2 Å². The quantitative estimate of drug-likeness (QED) is 0.837. The Hall–Kier alpha value is -1.69. The number of hydrogen-bond donors (Lipinski definition) is 0. The first kappa shape index (κ1) is 15.2. The summed E-state index contributed by atoms with van der Waals surface area (Å²) in [5, 5.41) is 0. The second-order valence-electron chi connectivity index (χ2n) is 6.14. The van der Waals surface area contributed by atoms with E-state index >= 15 is 0 Å². The van der Waals surface area contributed by atoms with Crippen molar-refractivity contribution in [2.75, 3.05) is 44.3 Å². The maximum atomic E-state index is 11.5. The van der Waals surface area contributed by atoms with Crippen molar-refractivity contribution in [2.45, 2.75) is 26.2 Å². The van der Waals surface area contributed by atoms with E-state index < -0.39 is 0 Å². The summed E-state index contributed by atoms with van der Waals surface area (Å²) < 4.78 is 5.38. The van der Waals surface area contributed by atoms with E-state index in [1.165, 1.54) is 6.42 Å². The predicted molar refractivity (Wildman–Crippen MR) is 83.7 cm³/mol. The molecular formula is C16H24N4O2. The summed E-state index contributed by atoms with van der Waals surface area (Å²) in [6.07, 6.45) is 4.83. The van der Waals surface area contributed by atoms with Crippen molar-refractivity contribution in [1.29, 1.82) is 0 Å². The molecule has 1 aromatic rings. The van der Waals surface area contributed by atoms with Gasteiger partial charge in [-0.2, -0.15) is 0 Å². The fraction of sp³-hybridized carbons (Fsp3) is 0.688. The maximum Gasteiger partial charge on any atom is 0.219 e. The molecule has 1 atom stereocenters. The lowest BCUT2D eigenvalue weighted by atomic mass is 9.93. The standard InChI is InChI=1S/C16H24N4O2/c1-13(21)20-4-2-3-14(11-20)9-15-10-16(18-12-17-15)19-5-7-22-8-6-19/h10,12,14H,2-9,11H2,1H3. The number of piperidine rings is 1. The third-order valence-corrected chi connectivity index (χ3v) is 4.51. The summed E-state index contributed by atoms with van der Waals surface area (Å²) in [4.78, 5) is 24.6. The molecule has 0 spiro atoms. The minimum Gasteiger partial charge on any atom is -0.378 e. The second kappa shape index (κ2) is 7.05. The Balaban J connectivity index is 1.63. The maximum absolute atomic E-state index is 11.5. The molecule has 0 aliphatic carbocycles. The molecule has 1 aromatic heterocycles. The fourth-order valence-corrected chi connectivity index (χ4v) is 3.28. The normalized spacial score (nSPS) is 22.7. The van der Waals surface area contributed by atoms with Gasteiger partial charge in [0.1, 0.15) is 12.1 Å². The van der Waals surface area contributed by atoms with Crippen LogP contribution in [0.2, 0.25) is 0 Å². The highest BCUT2D eigenvalue weighted by Crippen LogP contribution is 2.21. The van der Waals surface area contributed by atoms with Crippen molar-refractivity contribution in [3.05, 3.63) is 18.1 Å². The van der Waals surface area contributed by atoms with Crippen LogP contribution in [-0.4, -0.2) is 60.2 Å². The van der Waals surface area contributed by atoms with Crippen LogP contribution in [0.1, 0.15) is 25.5 Å². The first-order chi connectivity index (χ1) is 10.7. The molecule has 0 N–H and O–H groups in total. The molecule has 2 fully saturated rings. The lowest BCUT2D eigenvalue weighted by molar-refractivity contribution is -0.130. The topological polar surface area (TPSA) is 58.6 Å². The van der Waals surface area contributed by atoms with Crippen molar-refractivity contribution in [2.24, 2.45) is 5.92 Å². The number of amides is 1. The van der Waals surface area contributed by atoms with Crippen molar-refractivity contribution in [3.8, 4) is 0 Å². The summed E-state index contributed by atoms with van der Waals surface area (Å²) >= 11 is 0. The Labute approximate surface area is 131 Å². The monoisotopic (exact) mass is 304 g/mol. The molecule has 6 nitrogen and oxygen atoms in total. The zero-order valence-electron chi connectivity index (χ0n) is 13.2. The van der Waals surface area contributed by atoms with Crippen LogP contribution in [0.25, 0.3) is 0 Å². The van der Waals surface area contributed by atoms with Crippen LogP contribution in [0, 0.1) is 5.92 Å². The molecule has 6 heteroatoms. The predicted octanol–water partition coefficient (Wildman–Crippen LogP) is 1.11. The average Bonchev–Trinajstić information content (AvgIpc) is 2.56. The number of morpholine rings is 1.